The number of halogens is 1. The summed E-state index contributed by atoms with van der Waals surface area (Å²) in [5, 5.41) is 18.5. The van der Waals surface area contributed by atoms with Gasteiger partial charge in [0.15, 0.2) is 17.6 Å². The van der Waals surface area contributed by atoms with Crippen molar-refractivity contribution in [2.45, 2.75) is 20.0 Å². The highest BCUT2D eigenvalue weighted by molar-refractivity contribution is 9.10. The summed E-state index contributed by atoms with van der Waals surface area (Å²) < 4.78 is 11.8. The molecule has 1 aliphatic heterocycles. The average molecular weight is 331 g/mol. The first kappa shape index (κ1) is 14.1. The van der Waals surface area contributed by atoms with Crippen molar-refractivity contribution in [1.82, 2.24) is 0 Å². The Balaban J connectivity index is 2.39. The minimum absolute atomic E-state index is 0.128. The molecule has 0 aliphatic carbocycles. The molecule has 1 aromatic rings. The van der Waals surface area contributed by atoms with Crippen LogP contribution in [0.3, 0.4) is 0 Å². The third-order valence-electron chi connectivity index (χ3n) is 2.83. The molecule has 0 aromatic heterocycles. The van der Waals surface area contributed by atoms with Crippen molar-refractivity contribution in [2.75, 3.05) is 13.2 Å². The Hall–Kier alpha value is -1.27. The predicted octanol–water partition coefficient (Wildman–Crippen LogP) is 2.36. The summed E-state index contributed by atoms with van der Waals surface area (Å²) in [6.07, 6.45) is -1.60. The zero-order valence-corrected chi connectivity index (χ0v) is 12.2. The number of rotatable bonds is 2. The largest absolute Gasteiger partial charge is 0.489 e. The lowest BCUT2D eigenvalue weighted by Gasteiger charge is -2.19. The standard InChI is InChI=1S/C13H15BrO5/c1-13(2)5-18-9-3-7(11(15)12(16)17)8(14)4-10(9)19-6-13/h3-4,11,15H,5-6H2,1-2H3,(H,16,17). The van der Waals surface area contributed by atoms with Gasteiger partial charge < -0.3 is 19.7 Å². The fourth-order valence-corrected chi connectivity index (χ4v) is 2.25. The Labute approximate surface area is 119 Å². The molecule has 104 valence electrons. The molecule has 1 heterocycles. The smallest absolute Gasteiger partial charge is 0.337 e. The molecule has 5 nitrogen and oxygen atoms in total. The zero-order valence-electron chi connectivity index (χ0n) is 10.6. The number of fused-ring (bicyclic) bond motifs is 1. The molecule has 0 amide bonds. The van der Waals surface area contributed by atoms with E-state index in [2.05, 4.69) is 15.9 Å². The van der Waals surface area contributed by atoms with Crippen LogP contribution in [0.25, 0.3) is 0 Å². The van der Waals surface area contributed by atoms with Gasteiger partial charge in [-0.25, -0.2) is 4.79 Å². The molecule has 0 radical (unpaired) electrons. The Bertz CT molecular complexity index is 512. The Kier molecular flexibility index (Phi) is 3.73. The molecular weight excluding hydrogens is 316 g/mol. The molecule has 0 saturated heterocycles. The molecule has 0 bridgehead atoms. The molecule has 0 spiro atoms. The second-order valence-electron chi connectivity index (χ2n) is 5.30. The number of aliphatic carboxylic acids is 1. The topological polar surface area (TPSA) is 76.0 Å². The molecule has 0 saturated carbocycles. The van der Waals surface area contributed by atoms with E-state index in [4.69, 9.17) is 14.6 Å². The second-order valence-corrected chi connectivity index (χ2v) is 6.16. The maximum Gasteiger partial charge on any atom is 0.337 e. The summed E-state index contributed by atoms with van der Waals surface area (Å²) in [6.45, 7) is 5.00. The van der Waals surface area contributed by atoms with Gasteiger partial charge in [0.2, 0.25) is 0 Å². The van der Waals surface area contributed by atoms with Crippen LogP contribution in [-0.2, 0) is 4.79 Å². The van der Waals surface area contributed by atoms with Crippen LogP contribution in [-0.4, -0.2) is 29.4 Å². The van der Waals surface area contributed by atoms with Crippen LogP contribution < -0.4 is 9.47 Å². The predicted molar refractivity (Wildman–Crippen MR) is 71.5 cm³/mol. The molecule has 19 heavy (non-hydrogen) atoms. The fraction of sp³-hybridized carbons (Fsp3) is 0.462. The third kappa shape index (κ3) is 3.01. The van der Waals surface area contributed by atoms with Crippen molar-refractivity contribution in [2.24, 2.45) is 5.41 Å². The first-order valence-corrected chi connectivity index (χ1v) is 6.59. The lowest BCUT2D eigenvalue weighted by molar-refractivity contribution is -0.147. The van der Waals surface area contributed by atoms with Crippen LogP contribution in [0, 0.1) is 5.41 Å². The molecule has 1 atom stereocenters. The number of ether oxygens (including phenoxy) is 2. The van der Waals surface area contributed by atoms with Crippen LogP contribution in [0.5, 0.6) is 11.5 Å². The van der Waals surface area contributed by atoms with E-state index in [1.54, 1.807) is 6.07 Å². The molecule has 1 aromatic carbocycles. The highest BCUT2D eigenvalue weighted by atomic mass is 79.9. The van der Waals surface area contributed by atoms with E-state index in [1.807, 2.05) is 13.8 Å². The van der Waals surface area contributed by atoms with Crippen molar-refractivity contribution < 1.29 is 24.5 Å². The number of hydrogen-bond donors (Lipinski definition) is 2. The molecular formula is C13H15BrO5. The number of aliphatic hydroxyl groups excluding tert-OH is 1. The normalized spacial score (nSPS) is 18.5. The van der Waals surface area contributed by atoms with Crippen molar-refractivity contribution in [3.8, 4) is 11.5 Å². The van der Waals surface area contributed by atoms with E-state index in [1.165, 1.54) is 6.07 Å². The lowest BCUT2D eigenvalue weighted by Crippen LogP contribution is -2.26. The number of aliphatic hydroxyl groups is 1. The Morgan fingerprint density at radius 2 is 1.84 bits per heavy atom. The van der Waals surface area contributed by atoms with Crippen molar-refractivity contribution in [3.63, 3.8) is 0 Å². The number of carboxylic acids is 1. The SMILES string of the molecule is CC1(C)COc2cc(Br)c(C(O)C(=O)O)cc2OC1. The van der Waals surface area contributed by atoms with Gasteiger partial charge in [0, 0.05) is 15.5 Å². The first-order chi connectivity index (χ1) is 8.80. The summed E-state index contributed by atoms with van der Waals surface area (Å²) in [4.78, 5) is 10.8. The van der Waals surface area contributed by atoms with Gasteiger partial charge >= 0.3 is 5.97 Å². The number of carboxylic acid groups (broad SMARTS) is 1. The van der Waals surface area contributed by atoms with Crippen molar-refractivity contribution in [1.29, 1.82) is 0 Å². The van der Waals surface area contributed by atoms with E-state index < -0.39 is 12.1 Å². The van der Waals surface area contributed by atoms with Crippen LogP contribution in [0.15, 0.2) is 16.6 Å². The number of carbonyl (C=O) groups is 1. The van der Waals surface area contributed by atoms with Crippen LogP contribution in [0.2, 0.25) is 0 Å². The van der Waals surface area contributed by atoms with Crippen LogP contribution in [0.1, 0.15) is 25.5 Å². The summed E-state index contributed by atoms with van der Waals surface area (Å²) in [6, 6.07) is 3.12. The molecule has 2 rings (SSSR count). The highest BCUT2D eigenvalue weighted by Crippen LogP contribution is 2.39. The number of benzene rings is 1. The van der Waals surface area contributed by atoms with Gasteiger partial charge in [0.25, 0.3) is 0 Å². The average Bonchev–Trinajstić information content (AvgIpc) is 2.47. The van der Waals surface area contributed by atoms with Gasteiger partial charge in [-0.2, -0.15) is 0 Å². The molecule has 6 heteroatoms. The lowest BCUT2D eigenvalue weighted by atomic mass is 9.97. The van der Waals surface area contributed by atoms with Gasteiger partial charge in [0.1, 0.15) is 0 Å². The highest BCUT2D eigenvalue weighted by Gasteiger charge is 2.28. The van der Waals surface area contributed by atoms with Gasteiger partial charge in [-0.15, -0.1) is 0 Å². The number of hydrogen-bond acceptors (Lipinski definition) is 4. The minimum Gasteiger partial charge on any atom is -0.489 e. The monoisotopic (exact) mass is 330 g/mol. The zero-order chi connectivity index (χ0) is 14.2. The first-order valence-electron chi connectivity index (χ1n) is 5.80. The van der Waals surface area contributed by atoms with Gasteiger partial charge in [-0.05, 0) is 12.1 Å². The summed E-state index contributed by atoms with van der Waals surface area (Å²) >= 11 is 3.24. The van der Waals surface area contributed by atoms with Gasteiger partial charge in [-0.3, -0.25) is 0 Å². The molecule has 1 unspecified atom stereocenters. The summed E-state index contributed by atoms with van der Waals surface area (Å²) in [7, 11) is 0. The van der Waals surface area contributed by atoms with Crippen molar-refractivity contribution in [3.05, 3.63) is 22.2 Å². The van der Waals surface area contributed by atoms with E-state index >= 15 is 0 Å². The van der Waals surface area contributed by atoms with E-state index in [0.29, 0.717) is 29.2 Å². The molecule has 2 N–H and O–H groups in total. The molecule has 0 fully saturated rings. The maximum absolute atomic E-state index is 10.8. The summed E-state index contributed by atoms with van der Waals surface area (Å²) in [5.74, 6) is -0.321. The summed E-state index contributed by atoms with van der Waals surface area (Å²) in [5.41, 5.74) is 0.117. The van der Waals surface area contributed by atoms with Gasteiger partial charge in [-0.1, -0.05) is 29.8 Å². The maximum atomic E-state index is 10.8. The van der Waals surface area contributed by atoms with E-state index in [0.717, 1.165) is 0 Å². The Morgan fingerprint density at radius 1 is 1.32 bits per heavy atom. The van der Waals surface area contributed by atoms with Crippen molar-refractivity contribution >= 4 is 21.9 Å². The third-order valence-corrected chi connectivity index (χ3v) is 3.52. The quantitative estimate of drug-likeness (QED) is 0.870. The second kappa shape index (κ2) is 5.02. The Morgan fingerprint density at radius 3 is 2.37 bits per heavy atom. The molecule has 1 aliphatic rings. The van der Waals surface area contributed by atoms with E-state index in [9.17, 15) is 9.90 Å². The van der Waals surface area contributed by atoms with Gasteiger partial charge in [0.05, 0.1) is 13.2 Å². The van der Waals surface area contributed by atoms with Crippen LogP contribution in [0.4, 0.5) is 0 Å². The van der Waals surface area contributed by atoms with Crippen LogP contribution >= 0.6 is 15.9 Å². The minimum atomic E-state index is -1.60. The van der Waals surface area contributed by atoms with E-state index in [-0.39, 0.29) is 11.0 Å². The fourth-order valence-electron chi connectivity index (χ4n) is 1.71.